The zero-order valence-corrected chi connectivity index (χ0v) is 8.89. The van der Waals surface area contributed by atoms with Crippen molar-refractivity contribution in [2.45, 2.75) is 39.7 Å². The second-order valence-electron chi connectivity index (χ2n) is 4.95. The number of amides is 1. The zero-order chi connectivity index (χ0) is 10.1. The maximum Gasteiger partial charge on any atom is 0.407 e. The first-order valence-electron chi connectivity index (χ1n) is 4.83. The summed E-state index contributed by atoms with van der Waals surface area (Å²) in [7, 11) is 0. The number of alkyl carbamates (subject to hydrolysis) is 1. The summed E-state index contributed by atoms with van der Waals surface area (Å²) in [6.07, 6.45) is 0.898. The number of rotatable bonds is 2. The summed E-state index contributed by atoms with van der Waals surface area (Å²) < 4.78 is 5.06. The van der Waals surface area contributed by atoms with E-state index in [0.717, 1.165) is 5.92 Å². The van der Waals surface area contributed by atoms with Crippen LogP contribution in [-0.4, -0.2) is 18.2 Å². The van der Waals surface area contributed by atoms with Crippen molar-refractivity contribution in [3.63, 3.8) is 0 Å². The second-order valence-corrected chi connectivity index (χ2v) is 4.95. The minimum absolute atomic E-state index is 0.202. The summed E-state index contributed by atoms with van der Waals surface area (Å²) in [6, 6.07) is 0. The highest BCUT2D eigenvalue weighted by molar-refractivity contribution is 5.68. The lowest BCUT2D eigenvalue weighted by Crippen LogP contribution is -2.41. The van der Waals surface area contributed by atoms with Gasteiger partial charge in [0.05, 0.1) is 6.61 Å². The van der Waals surface area contributed by atoms with Crippen molar-refractivity contribution in [2.75, 3.05) is 6.61 Å². The Morgan fingerprint density at radius 3 is 2.46 bits per heavy atom. The molecule has 1 rings (SSSR count). The van der Waals surface area contributed by atoms with Gasteiger partial charge in [-0.1, -0.05) is 6.92 Å². The molecular weight excluding hydrogens is 166 g/mol. The Hall–Kier alpha value is -0.730. The third-order valence-corrected chi connectivity index (χ3v) is 2.18. The Kier molecular flexibility index (Phi) is 2.84. The molecule has 0 aromatic heterocycles. The van der Waals surface area contributed by atoms with Gasteiger partial charge >= 0.3 is 6.09 Å². The Morgan fingerprint density at radius 2 is 2.08 bits per heavy atom. The molecule has 2 unspecified atom stereocenters. The van der Waals surface area contributed by atoms with Crippen molar-refractivity contribution in [3.8, 4) is 0 Å². The van der Waals surface area contributed by atoms with E-state index in [1.165, 1.54) is 6.42 Å². The zero-order valence-electron chi connectivity index (χ0n) is 8.89. The molecule has 0 aromatic carbocycles. The van der Waals surface area contributed by atoms with E-state index in [2.05, 4.69) is 12.2 Å². The van der Waals surface area contributed by atoms with Crippen LogP contribution in [0.15, 0.2) is 0 Å². The molecule has 76 valence electrons. The lowest BCUT2D eigenvalue weighted by molar-refractivity contribution is 0.131. The van der Waals surface area contributed by atoms with Crippen LogP contribution in [0.5, 0.6) is 0 Å². The SMILES string of the molecule is CC1CC1COC(=O)NC(C)(C)C. The third-order valence-electron chi connectivity index (χ3n) is 2.18. The molecular formula is C10H19NO2. The van der Waals surface area contributed by atoms with E-state index < -0.39 is 0 Å². The van der Waals surface area contributed by atoms with Crippen LogP contribution in [-0.2, 0) is 4.74 Å². The molecule has 1 amide bonds. The van der Waals surface area contributed by atoms with Crippen LogP contribution in [0.25, 0.3) is 0 Å². The van der Waals surface area contributed by atoms with E-state index in [0.29, 0.717) is 12.5 Å². The third kappa shape index (κ3) is 4.15. The molecule has 13 heavy (non-hydrogen) atoms. The number of carbonyl (C=O) groups is 1. The summed E-state index contributed by atoms with van der Waals surface area (Å²) in [4.78, 5) is 11.2. The second kappa shape index (κ2) is 3.56. The van der Waals surface area contributed by atoms with Crippen molar-refractivity contribution in [2.24, 2.45) is 11.8 Å². The van der Waals surface area contributed by atoms with Gasteiger partial charge in [0.15, 0.2) is 0 Å². The van der Waals surface area contributed by atoms with Gasteiger partial charge in [-0.05, 0) is 39.0 Å². The van der Waals surface area contributed by atoms with Crippen LogP contribution in [0.4, 0.5) is 4.79 Å². The molecule has 1 fully saturated rings. The molecule has 0 heterocycles. The normalized spacial score (nSPS) is 26.8. The molecule has 1 N–H and O–H groups in total. The van der Waals surface area contributed by atoms with Crippen LogP contribution in [0.2, 0.25) is 0 Å². The molecule has 1 aliphatic carbocycles. The molecule has 0 aliphatic heterocycles. The van der Waals surface area contributed by atoms with Gasteiger partial charge in [-0.15, -0.1) is 0 Å². The summed E-state index contributed by atoms with van der Waals surface area (Å²) >= 11 is 0. The molecule has 1 aliphatic rings. The van der Waals surface area contributed by atoms with E-state index in [4.69, 9.17) is 4.74 Å². The molecule has 3 nitrogen and oxygen atoms in total. The average Bonchev–Trinajstić information content (AvgIpc) is 2.58. The summed E-state index contributed by atoms with van der Waals surface area (Å²) in [5.41, 5.74) is -0.202. The number of hydrogen-bond donors (Lipinski definition) is 1. The minimum atomic E-state index is -0.299. The number of nitrogens with one attached hydrogen (secondary N) is 1. The van der Waals surface area contributed by atoms with Gasteiger partial charge in [-0.3, -0.25) is 0 Å². The molecule has 0 spiro atoms. The maximum absolute atomic E-state index is 11.2. The highest BCUT2D eigenvalue weighted by Crippen LogP contribution is 2.37. The lowest BCUT2D eigenvalue weighted by atomic mass is 10.1. The van der Waals surface area contributed by atoms with Crippen LogP contribution >= 0.6 is 0 Å². The van der Waals surface area contributed by atoms with E-state index in [9.17, 15) is 4.79 Å². The van der Waals surface area contributed by atoms with Crippen molar-refractivity contribution in [1.82, 2.24) is 5.32 Å². The van der Waals surface area contributed by atoms with Gasteiger partial charge in [0.2, 0.25) is 0 Å². The molecule has 0 bridgehead atoms. The standard InChI is InChI=1S/C10H19NO2/c1-7-5-8(7)6-13-9(12)11-10(2,3)4/h7-8H,5-6H2,1-4H3,(H,11,12). The smallest absolute Gasteiger partial charge is 0.407 e. The van der Waals surface area contributed by atoms with Crippen molar-refractivity contribution >= 4 is 6.09 Å². The van der Waals surface area contributed by atoms with Crippen LogP contribution in [0, 0.1) is 11.8 Å². The quantitative estimate of drug-likeness (QED) is 0.716. The minimum Gasteiger partial charge on any atom is -0.449 e. The van der Waals surface area contributed by atoms with Crippen molar-refractivity contribution in [3.05, 3.63) is 0 Å². The Morgan fingerprint density at radius 1 is 1.54 bits per heavy atom. The Bertz CT molecular complexity index is 196. The number of ether oxygens (including phenoxy) is 1. The first kappa shape index (κ1) is 10.4. The molecule has 0 saturated heterocycles. The van der Waals surface area contributed by atoms with Gasteiger partial charge in [-0.2, -0.15) is 0 Å². The van der Waals surface area contributed by atoms with Gasteiger partial charge in [0.25, 0.3) is 0 Å². The Labute approximate surface area is 79.8 Å². The van der Waals surface area contributed by atoms with Gasteiger partial charge in [0.1, 0.15) is 0 Å². The summed E-state index contributed by atoms with van der Waals surface area (Å²) in [5.74, 6) is 1.34. The van der Waals surface area contributed by atoms with E-state index >= 15 is 0 Å². The lowest BCUT2D eigenvalue weighted by Gasteiger charge is -2.19. The number of carbonyl (C=O) groups excluding carboxylic acids is 1. The number of hydrogen-bond acceptors (Lipinski definition) is 2. The monoisotopic (exact) mass is 185 g/mol. The molecule has 2 atom stereocenters. The largest absolute Gasteiger partial charge is 0.449 e. The summed E-state index contributed by atoms with van der Waals surface area (Å²) in [5, 5.41) is 2.76. The van der Waals surface area contributed by atoms with Crippen LogP contribution in [0.1, 0.15) is 34.1 Å². The van der Waals surface area contributed by atoms with Crippen LogP contribution < -0.4 is 5.32 Å². The highest BCUT2D eigenvalue weighted by Gasteiger charge is 2.33. The molecule has 1 saturated carbocycles. The van der Waals surface area contributed by atoms with Gasteiger partial charge in [-0.25, -0.2) is 4.79 Å². The fourth-order valence-corrected chi connectivity index (χ4v) is 1.16. The fourth-order valence-electron chi connectivity index (χ4n) is 1.16. The molecule has 0 aromatic rings. The maximum atomic E-state index is 11.2. The van der Waals surface area contributed by atoms with E-state index in [1.54, 1.807) is 0 Å². The fraction of sp³-hybridized carbons (Fsp3) is 0.900. The highest BCUT2D eigenvalue weighted by atomic mass is 16.5. The van der Waals surface area contributed by atoms with E-state index in [1.807, 2.05) is 20.8 Å². The van der Waals surface area contributed by atoms with E-state index in [-0.39, 0.29) is 11.6 Å². The van der Waals surface area contributed by atoms with Crippen LogP contribution in [0.3, 0.4) is 0 Å². The Balaban J connectivity index is 2.11. The first-order chi connectivity index (χ1) is 5.88. The molecule has 3 heteroatoms. The summed E-state index contributed by atoms with van der Waals surface area (Å²) in [6.45, 7) is 8.56. The van der Waals surface area contributed by atoms with Gasteiger partial charge in [0, 0.05) is 5.54 Å². The first-order valence-corrected chi connectivity index (χ1v) is 4.83. The van der Waals surface area contributed by atoms with Crippen molar-refractivity contribution < 1.29 is 9.53 Å². The predicted octanol–water partition coefficient (Wildman–Crippen LogP) is 2.17. The average molecular weight is 185 g/mol. The predicted molar refractivity (Wildman–Crippen MR) is 51.5 cm³/mol. The van der Waals surface area contributed by atoms with Crippen molar-refractivity contribution in [1.29, 1.82) is 0 Å². The van der Waals surface area contributed by atoms with Gasteiger partial charge < -0.3 is 10.1 Å². The molecule has 0 radical (unpaired) electrons. The topological polar surface area (TPSA) is 38.3 Å².